The van der Waals surface area contributed by atoms with Gasteiger partial charge in [-0.1, -0.05) is 0 Å². The molecule has 2 aromatic rings. The Bertz CT molecular complexity index is 642. The minimum Gasteiger partial charge on any atom is -0.489 e. The highest BCUT2D eigenvalue weighted by Gasteiger charge is 2.13. The molecule has 3 nitrogen and oxygen atoms in total. The molecule has 0 unspecified atom stereocenters. The smallest absolute Gasteiger partial charge is 0.335 e. The van der Waals surface area contributed by atoms with E-state index in [2.05, 4.69) is 15.9 Å². The molecular formula is C14H9BrF2O3. The first-order chi connectivity index (χ1) is 9.49. The highest BCUT2D eigenvalue weighted by molar-refractivity contribution is 9.10. The lowest BCUT2D eigenvalue weighted by Gasteiger charge is -2.09. The number of carbonyl (C=O) groups is 1. The second-order valence-corrected chi connectivity index (χ2v) is 4.79. The topological polar surface area (TPSA) is 46.5 Å². The van der Waals surface area contributed by atoms with Crippen LogP contribution in [0.25, 0.3) is 0 Å². The number of aromatic carboxylic acids is 1. The summed E-state index contributed by atoms with van der Waals surface area (Å²) >= 11 is 2.97. The fraction of sp³-hybridized carbons (Fsp3) is 0.0714. The molecule has 1 N–H and O–H groups in total. The van der Waals surface area contributed by atoms with E-state index >= 15 is 0 Å². The maximum Gasteiger partial charge on any atom is 0.335 e. The number of rotatable bonds is 4. The Kier molecular flexibility index (Phi) is 4.34. The second-order valence-electron chi connectivity index (χ2n) is 3.94. The van der Waals surface area contributed by atoms with Crippen LogP contribution in [0, 0.1) is 11.6 Å². The molecule has 104 valence electrons. The highest BCUT2D eigenvalue weighted by atomic mass is 79.9. The van der Waals surface area contributed by atoms with Crippen LogP contribution >= 0.6 is 15.9 Å². The van der Waals surface area contributed by atoms with E-state index in [-0.39, 0.29) is 22.2 Å². The summed E-state index contributed by atoms with van der Waals surface area (Å²) in [5, 5.41) is 8.74. The maximum atomic E-state index is 13.7. The zero-order chi connectivity index (χ0) is 14.7. The van der Waals surface area contributed by atoms with E-state index < -0.39 is 17.6 Å². The SMILES string of the molecule is O=C(O)c1ccc(OCc2c(F)ccc(Br)c2F)cc1. The first kappa shape index (κ1) is 14.5. The molecule has 0 aromatic heterocycles. The molecule has 0 aliphatic rings. The van der Waals surface area contributed by atoms with Gasteiger partial charge in [-0.2, -0.15) is 0 Å². The molecule has 6 heteroatoms. The molecule has 0 radical (unpaired) electrons. The Balaban J connectivity index is 2.13. The van der Waals surface area contributed by atoms with Crippen molar-refractivity contribution in [1.82, 2.24) is 0 Å². The Labute approximate surface area is 121 Å². The Morgan fingerprint density at radius 3 is 2.40 bits per heavy atom. The van der Waals surface area contributed by atoms with Gasteiger partial charge < -0.3 is 9.84 Å². The van der Waals surface area contributed by atoms with E-state index in [4.69, 9.17) is 9.84 Å². The van der Waals surface area contributed by atoms with E-state index in [1.807, 2.05) is 0 Å². The van der Waals surface area contributed by atoms with Gasteiger partial charge >= 0.3 is 5.97 Å². The van der Waals surface area contributed by atoms with Crippen molar-refractivity contribution in [3.05, 3.63) is 63.6 Å². The molecule has 0 aliphatic heterocycles. The van der Waals surface area contributed by atoms with Crippen molar-refractivity contribution in [3.8, 4) is 5.75 Å². The summed E-state index contributed by atoms with van der Waals surface area (Å²) in [4.78, 5) is 10.7. The van der Waals surface area contributed by atoms with E-state index in [1.165, 1.54) is 30.3 Å². The van der Waals surface area contributed by atoms with E-state index in [9.17, 15) is 13.6 Å². The number of benzene rings is 2. The van der Waals surface area contributed by atoms with Crippen molar-refractivity contribution >= 4 is 21.9 Å². The van der Waals surface area contributed by atoms with Gasteiger partial charge in [0.1, 0.15) is 24.0 Å². The minimum absolute atomic E-state index is 0.108. The van der Waals surface area contributed by atoms with Crippen LogP contribution in [0.5, 0.6) is 5.75 Å². The van der Waals surface area contributed by atoms with Crippen LogP contribution in [0.15, 0.2) is 40.9 Å². The fourth-order valence-electron chi connectivity index (χ4n) is 1.55. The van der Waals surface area contributed by atoms with Crippen molar-refractivity contribution in [1.29, 1.82) is 0 Å². The maximum absolute atomic E-state index is 13.7. The Morgan fingerprint density at radius 1 is 1.15 bits per heavy atom. The molecule has 2 aromatic carbocycles. The third kappa shape index (κ3) is 3.14. The summed E-state index contributed by atoms with van der Waals surface area (Å²) in [6.45, 7) is -0.288. The van der Waals surface area contributed by atoms with Crippen molar-refractivity contribution in [2.24, 2.45) is 0 Å². The molecule has 0 spiro atoms. The Hall–Kier alpha value is -1.95. The molecule has 0 atom stereocenters. The molecule has 0 bridgehead atoms. The third-order valence-electron chi connectivity index (χ3n) is 2.62. The van der Waals surface area contributed by atoms with Crippen LogP contribution < -0.4 is 4.74 Å². The van der Waals surface area contributed by atoms with Crippen molar-refractivity contribution in [2.75, 3.05) is 0 Å². The predicted molar refractivity (Wildman–Crippen MR) is 71.8 cm³/mol. The van der Waals surface area contributed by atoms with E-state index in [0.717, 1.165) is 6.07 Å². The zero-order valence-electron chi connectivity index (χ0n) is 10.1. The van der Waals surface area contributed by atoms with Gasteiger partial charge in [0.05, 0.1) is 15.6 Å². The quantitative estimate of drug-likeness (QED) is 0.854. The second kappa shape index (κ2) is 6.00. The van der Waals surface area contributed by atoms with Crippen molar-refractivity contribution in [3.63, 3.8) is 0 Å². The van der Waals surface area contributed by atoms with Gasteiger partial charge in [0.25, 0.3) is 0 Å². The largest absolute Gasteiger partial charge is 0.489 e. The average Bonchev–Trinajstić information content (AvgIpc) is 2.43. The number of halogens is 3. The van der Waals surface area contributed by atoms with Gasteiger partial charge in [0.2, 0.25) is 0 Å². The van der Waals surface area contributed by atoms with Crippen molar-refractivity contribution in [2.45, 2.75) is 6.61 Å². The fourth-order valence-corrected chi connectivity index (χ4v) is 1.92. The monoisotopic (exact) mass is 342 g/mol. The number of carboxylic acids is 1. The zero-order valence-corrected chi connectivity index (χ0v) is 11.7. The molecule has 0 saturated heterocycles. The van der Waals surface area contributed by atoms with Gasteiger partial charge in [-0.25, -0.2) is 13.6 Å². The van der Waals surface area contributed by atoms with Crippen LogP contribution in [0.3, 0.4) is 0 Å². The summed E-state index contributed by atoms with van der Waals surface area (Å²) in [5.74, 6) is -2.14. The summed E-state index contributed by atoms with van der Waals surface area (Å²) in [6, 6.07) is 7.97. The highest BCUT2D eigenvalue weighted by Crippen LogP contribution is 2.23. The van der Waals surface area contributed by atoms with E-state index in [0.29, 0.717) is 5.75 Å². The number of ether oxygens (including phenoxy) is 1. The molecule has 0 heterocycles. The number of hydrogen-bond acceptors (Lipinski definition) is 2. The minimum atomic E-state index is -1.05. The molecular weight excluding hydrogens is 334 g/mol. The van der Waals surface area contributed by atoms with Crippen LogP contribution in [0.1, 0.15) is 15.9 Å². The summed E-state index contributed by atoms with van der Waals surface area (Å²) in [6.07, 6.45) is 0. The number of hydrogen-bond donors (Lipinski definition) is 1. The predicted octanol–water partition coefficient (Wildman–Crippen LogP) is 4.00. The summed E-state index contributed by atoms with van der Waals surface area (Å²) in [5.41, 5.74) is -0.0844. The van der Waals surface area contributed by atoms with Gasteiger partial charge in [0.15, 0.2) is 0 Å². The standard InChI is InChI=1S/C14H9BrF2O3/c15-11-5-6-12(16)10(13(11)17)7-20-9-3-1-8(2-4-9)14(18)19/h1-6H,7H2,(H,18,19). The molecule has 0 amide bonds. The first-order valence-electron chi connectivity index (χ1n) is 5.57. The molecule has 0 saturated carbocycles. The van der Waals surface area contributed by atoms with Gasteiger partial charge in [0, 0.05) is 0 Å². The molecule has 2 rings (SSSR count). The molecule has 20 heavy (non-hydrogen) atoms. The van der Waals surface area contributed by atoms with Gasteiger partial charge in [-0.3, -0.25) is 0 Å². The Morgan fingerprint density at radius 2 is 1.80 bits per heavy atom. The van der Waals surface area contributed by atoms with Gasteiger partial charge in [-0.05, 0) is 52.3 Å². The van der Waals surface area contributed by atoms with Crippen LogP contribution in [-0.4, -0.2) is 11.1 Å². The average molecular weight is 343 g/mol. The van der Waals surface area contributed by atoms with E-state index in [1.54, 1.807) is 0 Å². The van der Waals surface area contributed by atoms with Gasteiger partial charge in [-0.15, -0.1) is 0 Å². The normalized spacial score (nSPS) is 10.3. The van der Waals surface area contributed by atoms with Crippen LogP contribution in [0.4, 0.5) is 8.78 Å². The third-order valence-corrected chi connectivity index (χ3v) is 3.24. The molecule has 0 aliphatic carbocycles. The lowest BCUT2D eigenvalue weighted by molar-refractivity contribution is 0.0697. The van der Waals surface area contributed by atoms with Crippen LogP contribution in [-0.2, 0) is 6.61 Å². The first-order valence-corrected chi connectivity index (χ1v) is 6.37. The van der Waals surface area contributed by atoms with Crippen LogP contribution in [0.2, 0.25) is 0 Å². The summed E-state index contributed by atoms with van der Waals surface area (Å²) < 4.78 is 32.6. The number of carboxylic acid groups (broad SMARTS) is 1. The van der Waals surface area contributed by atoms with Crippen molar-refractivity contribution < 1.29 is 23.4 Å². The summed E-state index contributed by atoms with van der Waals surface area (Å²) in [7, 11) is 0. The lowest BCUT2D eigenvalue weighted by atomic mass is 10.2. The molecule has 0 fully saturated rings. The lowest BCUT2D eigenvalue weighted by Crippen LogP contribution is -2.03.